The number of benzene rings is 2. The number of nitrogens with zero attached hydrogens (tertiary/aromatic N) is 1. The van der Waals surface area contributed by atoms with Gasteiger partial charge in [0.1, 0.15) is 13.2 Å². The van der Waals surface area contributed by atoms with Gasteiger partial charge in [-0.15, -0.1) is 0 Å². The van der Waals surface area contributed by atoms with Crippen molar-refractivity contribution in [2.24, 2.45) is 5.10 Å². The van der Waals surface area contributed by atoms with E-state index in [9.17, 15) is 4.79 Å². The molecule has 1 amide bonds. The SMILES string of the molecule is O=C(NN=C1CCCCc2ccccc21)c1ccc2c(c1)OCCO2. The van der Waals surface area contributed by atoms with Gasteiger partial charge in [-0.3, -0.25) is 4.79 Å². The Hall–Kier alpha value is -2.82. The predicted octanol–water partition coefficient (Wildman–Crippen LogP) is 3.32. The number of rotatable bonds is 2. The standard InChI is InChI=1S/C20H20N2O3/c23-20(15-9-10-18-19(13-15)25-12-11-24-18)22-21-17-8-4-2-6-14-5-1-3-7-16(14)17/h1,3,5,7,9-10,13H,2,4,6,8,11-12H2,(H,22,23). The fourth-order valence-corrected chi connectivity index (χ4v) is 3.25. The van der Waals surface area contributed by atoms with Crippen LogP contribution in [0.25, 0.3) is 0 Å². The molecule has 0 bridgehead atoms. The number of carbonyl (C=O) groups is 1. The maximum Gasteiger partial charge on any atom is 0.271 e. The summed E-state index contributed by atoms with van der Waals surface area (Å²) in [5.74, 6) is 1.03. The lowest BCUT2D eigenvalue weighted by molar-refractivity contribution is 0.0953. The first-order chi connectivity index (χ1) is 12.3. The van der Waals surface area contributed by atoms with E-state index in [2.05, 4.69) is 28.7 Å². The molecule has 2 aromatic rings. The van der Waals surface area contributed by atoms with Gasteiger partial charge in [0.2, 0.25) is 0 Å². The Kier molecular flexibility index (Phi) is 4.37. The molecule has 2 aliphatic rings. The van der Waals surface area contributed by atoms with E-state index in [0.29, 0.717) is 30.3 Å². The van der Waals surface area contributed by atoms with E-state index in [4.69, 9.17) is 9.47 Å². The summed E-state index contributed by atoms with van der Waals surface area (Å²) < 4.78 is 11.0. The van der Waals surface area contributed by atoms with Crippen LogP contribution in [0.5, 0.6) is 11.5 Å². The van der Waals surface area contributed by atoms with Crippen LogP contribution in [-0.4, -0.2) is 24.8 Å². The molecule has 0 aromatic heterocycles. The highest BCUT2D eigenvalue weighted by molar-refractivity contribution is 6.03. The first kappa shape index (κ1) is 15.7. The normalized spacial score (nSPS) is 17.5. The van der Waals surface area contributed by atoms with Gasteiger partial charge < -0.3 is 9.47 Å². The number of hydrogen-bond donors (Lipinski definition) is 1. The molecule has 0 saturated heterocycles. The number of ether oxygens (including phenoxy) is 2. The van der Waals surface area contributed by atoms with Crippen molar-refractivity contribution < 1.29 is 14.3 Å². The van der Waals surface area contributed by atoms with Crippen LogP contribution in [0.2, 0.25) is 0 Å². The second-order valence-corrected chi connectivity index (χ2v) is 6.22. The molecule has 25 heavy (non-hydrogen) atoms. The number of hydrogen-bond acceptors (Lipinski definition) is 4. The van der Waals surface area contributed by atoms with Gasteiger partial charge in [-0.25, -0.2) is 5.43 Å². The minimum absolute atomic E-state index is 0.244. The van der Waals surface area contributed by atoms with Crippen LogP contribution >= 0.6 is 0 Å². The minimum Gasteiger partial charge on any atom is -0.486 e. The molecule has 0 radical (unpaired) electrons. The van der Waals surface area contributed by atoms with E-state index in [1.165, 1.54) is 5.56 Å². The lowest BCUT2D eigenvalue weighted by Gasteiger charge is -2.18. The third-order valence-corrected chi connectivity index (χ3v) is 4.53. The summed E-state index contributed by atoms with van der Waals surface area (Å²) in [7, 11) is 0. The first-order valence-electron chi connectivity index (χ1n) is 8.66. The molecule has 1 aliphatic carbocycles. The van der Waals surface area contributed by atoms with Gasteiger partial charge in [-0.1, -0.05) is 24.3 Å². The zero-order valence-electron chi connectivity index (χ0n) is 14.0. The monoisotopic (exact) mass is 336 g/mol. The Morgan fingerprint density at radius 3 is 2.68 bits per heavy atom. The molecule has 2 aromatic carbocycles. The van der Waals surface area contributed by atoms with Crippen LogP contribution in [0.3, 0.4) is 0 Å². The van der Waals surface area contributed by atoms with Gasteiger partial charge >= 0.3 is 0 Å². The second kappa shape index (κ2) is 6.97. The lowest BCUT2D eigenvalue weighted by Crippen LogP contribution is -2.21. The van der Waals surface area contributed by atoms with E-state index in [0.717, 1.165) is 37.0 Å². The van der Waals surface area contributed by atoms with E-state index in [1.807, 2.05) is 6.07 Å². The summed E-state index contributed by atoms with van der Waals surface area (Å²) >= 11 is 0. The Balaban J connectivity index is 1.54. The number of nitrogens with one attached hydrogen (secondary N) is 1. The zero-order valence-corrected chi connectivity index (χ0v) is 14.0. The molecule has 0 saturated carbocycles. The molecule has 1 heterocycles. The molecule has 128 valence electrons. The Bertz CT molecular complexity index is 829. The number of hydrazone groups is 1. The second-order valence-electron chi connectivity index (χ2n) is 6.22. The van der Waals surface area contributed by atoms with Crippen molar-refractivity contribution in [3.8, 4) is 11.5 Å². The van der Waals surface area contributed by atoms with Crippen molar-refractivity contribution in [1.29, 1.82) is 0 Å². The molecule has 5 heteroatoms. The van der Waals surface area contributed by atoms with E-state index in [-0.39, 0.29) is 5.91 Å². The first-order valence-corrected chi connectivity index (χ1v) is 8.66. The quantitative estimate of drug-likeness (QED) is 0.676. The van der Waals surface area contributed by atoms with Gasteiger partial charge in [0.15, 0.2) is 11.5 Å². The van der Waals surface area contributed by atoms with Gasteiger partial charge in [0.05, 0.1) is 5.71 Å². The van der Waals surface area contributed by atoms with Crippen LogP contribution in [0.1, 0.15) is 40.7 Å². The third kappa shape index (κ3) is 3.36. The highest BCUT2D eigenvalue weighted by atomic mass is 16.6. The lowest BCUT2D eigenvalue weighted by atomic mass is 10.0. The molecular formula is C20H20N2O3. The molecule has 0 unspecified atom stereocenters. The van der Waals surface area contributed by atoms with E-state index in [1.54, 1.807) is 18.2 Å². The predicted molar refractivity (Wildman–Crippen MR) is 95.4 cm³/mol. The zero-order chi connectivity index (χ0) is 17.1. The molecule has 0 fully saturated rings. The summed E-state index contributed by atoms with van der Waals surface area (Å²) in [6, 6.07) is 13.5. The number of fused-ring (bicyclic) bond motifs is 2. The fourth-order valence-electron chi connectivity index (χ4n) is 3.25. The minimum atomic E-state index is -0.244. The highest BCUT2D eigenvalue weighted by Crippen LogP contribution is 2.30. The van der Waals surface area contributed by atoms with Crippen molar-refractivity contribution in [2.45, 2.75) is 25.7 Å². The van der Waals surface area contributed by atoms with Crippen molar-refractivity contribution in [1.82, 2.24) is 5.43 Å². The van der Waals surface area contributed by atoms with Gasteiger partial charge in [-0.2, -0.15) is 5.10 Å². The van der Waals surface area contributed by atoms with Crippen LogP contribution in [0.4, 0.5) is 0 Å². The van der Waals surface area contributed by atoms with E-state index < -0.39 is 0 Å². The average Bonchev–Trinajstić information content (AvgIpc) is 2.88. The van der Waals surface area contributed by atoms with Crippen molar-refractivity contribution in [2.75, 3.05) is 13.2 Å². The van der Waals surface area contributed by atoms with Crippen LogP contribution in [0, 0.1) is 0 Å². The number of carbonyl (C=O) groups excluding carboxylic acids is 1. The number of aryl methyl sites for hydroxylation is 1. The van der Waals surface area contributed by atoms with Crippen molar-refractivity contribution in [3.05, 3.63) is 59.2 Å². The summed E-state index contributed by atoms with van der Waals surface area (Å²) in [4.78, 5) is 12.5. The summed E-state index contributed by atoms with van der Waals surface area (Å²) in [6.45, 7) is 1.03. The Morgan fingerprint density at radius 2 is 1.76 bits per heavy atom. The molecule has 1 aliphatic heterocycles. The van der Waals surface area contributed by atoms with Crippen LogP contribution < -0.4 is 14.9 Å². The van der Waals surface area contributed by atoms with Crippen molar-refractivity contribution in [3.63, 3.8) is 0 Å². The highest BCUT2D eigenvalue weighted by Gasteiger charge is 2.16. The average molecular weight is 336 g/mol. The van der Waals surface area contributed by atoms with E-state index >= 15 is 0 Å². The van der Waals surface area contributed by atoms with Crippen molar-refractivity contribution >= 4 is 11.6 Å². The maximum atomic E-state index is 12.5. The number of amides is 1. The molecule has 4 rings (SSSR count). The summed E-state index contributed by atoms with van der Waals surface area (Å²) in [6.07, 6.45) is 4.16. The Labute approximate surface area is 146 Å². The Morgan fingerprint density at radius 1 is 0.960 bits per heavy atom. The molecular weight excluding hydrogens is 316 g/mol. The molecule has 5 nitrogen and oxygen atoms in total. The fraction of sp³-hybridized carbons (Fsp3) is 0.300. The topological polar surface area (TPSA) is 59.9 Å². The molecule has 1 N–H and O–H groups in total. The molecule has 0 atom stereocenters. The van der Waals surface area contributed by atoms with Gasteiger partial charge in [0, 0.05) is 11.1 Å². The maximum absolute atomic E-state index is 12.5. The summed E-state index contributed by atoms with van der Waals surface area (Å²) in [5, 5.41) is 4.42. The van der Waals surface area contributed by atoms with Crippen LogP contribution in [-0.2, 0) is 6.42 Å². The van der Waals surface area contributed by atoms with Gasteiger partial charge in [0.25, 0.3) is 5.91 Å². The van der Waals surface area contributed by atoms with Crippen LogP contribution in [0.15, 0.2) is 47.6 Å². The summed E-state index contributed by atoms with van der Waals surface area (Å²) in [5.41, 5.74) is 6.59. The largest absolute Gasteiger partial charge is 0.486 e. The molecule has 0 spiro atoms. The smallest absolute Gasteiger partial charge is 0.271 e. The third-order valence-electron chi connectivity index (χ3n) is 4.53. The van der Waals surface area contributed by atoms with Gasteiger partial charge in [-0.05, 0) is 49.4 Å².